The number of ether oxygens (including phenoxy) is 1. The quantitative estimate of drug-likeness (QED) is 0.352. The van der Waals surface area contributed by atoms with Crippen molar-refractivity contribution in [2.24, 2.45) is 0 Å². The Morgan fingerprint density at radius 1 is 1.26 bits per heavy atom. The predicted molar refractivity (Wildman–Crippen MR) is 107 cm³/mol. The van der Waals surface area contributed by atoms with E-state index >= 15 is 0 Å². The molecule has 0 aliphatic rings. The Kier molecular flexibility index (Phi) is 8.13. The van der Waals surface area contributed by atoms with Gasteiger partial charge in [0.25, 0.3) is 5.91 Å². The fourth-order valence-corrected chi connectivity index (χ4v) is 3.36. The van der Waals surface area contributed by atoms with E-state index in [2.05, 4.69) is 5.32 Å². The standard InChI is InChI=1S/C20H21ClFNO3S/c1-3-4-10-26-20(25)13(2)27-18-12-17(16(22)11-15(18)21)23-19(24)14-8-6-5-7-9-14/h5-9,11-13H,3-4,10H2,1-2H3,(H,23,24). The number of nitrogens with one attached hydrogen (secondary N) is 1. The van der Waals surface area contributed by atoms with Gasteiger partial charge in [0.05, 0.1) is 17.3 Å². The lowest BCUT2D eigenvalue weighted by atomic mass is 10.2. The number of anilines is 1. The van der Waals surface area contributed by atoms with Crippen LogP contribution in [0.2, 0.25) is 5.02 Å². The number of unbranched alkanes of at least 4 members (excludes halogenated alkanes) is 1. The van der Waals surface area contributed by atoms with E-state index in [1.807, 2.05) is 6.92 Å². The number of carbonyl (C=O) groups is 2. The van der Waals surface area contributed by atoms with Gasteiger partial charge in [-0.05, 0) is 37.6 Å². The van der Waals surface area contributed by atoms with Crippen LogP contribution in [0, 0.1) is 5.82 Å². The number of hydrogen-bond donors (Lipinski definition) is 1. The van der Waals surface area contributed by atoms with Crippen LogP contribution in [0.15, 0.2) is 47.4 Å². The molecule has 27 heavy (non-hydrogen) atoms. The number of hydrogen-bond acceptors (Lipinski definition) is 4. The van der Waals surface area contributed by atoms with E-state index in [9.17, 15) is 14.0 Å². The molecule has 0 bridgehead atoms. The van der Waals surface area contributed by atoms with Gasteiger partial charge in [-0.25, -0.2) is 4.39 Å². The van der Waals surface area contributed by atoms with Gasteiger partial charge >= 0.3 is 5.97 Å². The van der Waals surface area contributed by atoms with Crippen LogP contribution in [-0.2, 0) is 9.53 Å². The molecular weight excluding hydrogens is 389 g/mol. The van der Waals surface area contributed by atoms with Gasteiger partial charge in [-0.3, -0.25) is 9.59 Å². The molecule has 2 aromatic carbocycles. The Morgan fingerprint density at radius 3 is 2.63 bits per heavy atom. The smallest absolute Gasteiger partial charge is 0.319 e. The van der Waals surface area contributed by atoms with Crippen LogP contribution >= 0.6 is 23.4 Å². The molecule has 1 unspecified atom stereocenters. The van der Waals surface area contributed by atoms with E-state index in [1.165, 1.54) is 6.07 Å². The Labute approximate surface area is 167 Å². The third-order valence-electron chi connectivity index (χ3n) is 3.68. The van der Waals surface area contributed by atoms with Crippen LogP contribution in [0.5, 0.6) is 0 Å². The summed E-state index contributed by atoms with van der Waals surface area (Å²) in [6.07, 6.45) is 1.74. The first kappa shape index (κ1) is 21.3. The number of amides is 1. The van der Waals surface area contributed by atoms with Crippen molar-refractivity contribution in [3.63, 3.8) is 0 Å². The molecule has 2 rings (SSSR count). The minimum atomic E-state index is -0.646. The Balaban J connectivity index is 2.10. The molecule has 0 aliphatic heterocycles. The fraction of sp³-hybridized carbons (Fsp3) is 0.300. The maximum Gasteiger partial charge on any atom is 0.319 e. The minimum Gasteiger partial charge on any atom is -0.465 e. The minimum absolute atomic E-state index is 0.00213. The summed E-state index contributed by atoms with van der Waals surface area (Å²) in [6.45, 7) is 4.08. The molecular formula is C20H21ClFNO3S. The summed E-state index contributed by atoms with van der Waals surface area (Å²) in [6, 6.07) is 11.1. The molecule has 4 nitrogen and oxygen atoms in total. The fourth-order valence-electron chi connectivity index (χ4n) is 2.17. The first-order chi connectivity index (χ1) is 12.9. The topological polar surface area (TPSA) is 55.4 Å². The van der Waals surface area contributed by atoms with Crippen LogP contribution in [-0.4, -0.2) is 23.7 Å². The highest BCUT2D eigenvalue weighted by molar-refractivity contribution is 8.00. The molecule has 0 fully saturated rings. The second-order valence-electron chi connectivity index (χ2n) is 5.86. The summed E-state index contributed by atoms with van der Waals surface area (Å²) in [5.74, 6) is -1.43. The normalized spacial score (nSPS) is 11.7. The highest BCUT2D eigenvalue weighted by atomic mass is 35.5. The summed E-state index contributed by atoms with van der Waals surface area (Å²) >= 11 is 7.26. The number of carbonyl (C=O) groups excluding carboxylic acids is 2. The third kappa shape index (κ3) is 6.26. The molecule has 0 spiro atoms. The van der Waals surface area contributed by atoms with E-state index in [1.54, 1.807) is 37.3 Å². The van der Waals surface area contributed by atoms with Gasteiger partial charge in [0.1, 0.15) is 11.1 Å². The maximum absolute atomic E-state index is 14.2. The van der Waals surface area contributed by atoms with Gasteiger partial charge in [0.2, 0.25) is 0 Å². The zero-order valence-corrected chi connectivity index (χ0v) is 16.7. The van der Waals surface area contributed by atoms with Crippen LogP contribution in [0.1, 0.15) is 37.0 Å². The number of benzene rings is 2. The average Bonchev–Trinajstić information content (AvgIpc) is 2.66. The number of thioether (sulfide) groups is 1. The van der Waals surface area contributed by atoms with E-state index in [4.69, 9.17) is 16.3 Å². The van der Waals surface area contributed by atoms with Crippen molar-refractivity contribution in [2.45, 2.75) is 36.8 Å². The van der Waals surface area contributed by atoms with Gasteiger partial charge in [0.15, 0.2) is 0 Å². The third-order valence-corrected chi connectivity index (χ3v) is 5.25. The Morgan fingerprint density at radius 2 is 1.96 bits per heavy atom. The largest absolute Gasteiger partial charge is 0.465 e. The zero-order valence-electron chi connectivity index (χ0n) is 15.1. The Bertz CT molecular complexity index is 801. The lowest BCUT2D eigenvalue weighted by Crippen LogP contribution is -2.17. The molecule has 0 heterocycles. The van der Waals surface area contributed by atoms with E-state index in [-0.39, 0.29) is 16.7 Å². The first-order valence-corrected chi connectivity index (χ1v) is 9.86. The summed E-state index contributed by atoms with van der Waals surface area (Å²) < 4.78 is 19.4. The molecule has 0 radical (unpaired) electrons. The van der Waals surface area contributed by atoms with Crippen molar-refractivity contribution >= 4 is 40.9 Å². The summed E-state index contributed by atoms with van der Waals surface area (Å²) in [7, 11) is 0. The lowest BCUT2D eigenvalue weighted by molar-refractivity contribution is -0.142. The average molecular weight is 410 g/mol. The summed E-state index contributed by atoms with van der Waals surface area (Å²) in [5, 5.41) is 2.19. The van der Waals surface area contributed by atoms with Gasteiger partial charge in [0, 0.05) is 10.5 Å². The summed E-state index contributed by atoms with van der Waals surface area (Å²) in [4.78, 5) is 24.8. The molecule has 1 N–H and O–H groups in total. The Hall–Kier alpha value is -2.05. The number of rotatable bonds is 8. The lowest BCUT2D eigenvalue weighted by Gasteiger charge is -2.14. The second-order valence-corrected chi connectivity index (χ2v) is 7.65. The molecule has 0 aliphatic carbocycles. The van der Waals surface area contributed by atoms with E-state index in [0.29, 0.717) is 17.1 Å². The van der Waals surface area contributed by atoms with Crippen LogP contribution in [0.3, 0.4) is 0 Å². The molecule has 144 valence electrons. The second kappa shape index (κ2) is 10.3. The van der Waals surface area contributed by atoms with Gasteiger partial charge < -0.3 is 10.1 Å². The van der Waals surface area contributed by atoms with Crippen molar-refractivity contribution in [3.05, 3.63) is 58.9 Å². The van der Waals surface area contributed by atoms with Crippen molar-refractivity contribution in [1.29, 1.82) is 0 Å². The van der Waals surface area contributed by atoms with Gasteiger partial charge in [-0.1, -0.05) is 43.1 Å². The SMILES string of the molecule is CCCCOC(=O)C(C)Sc1cc(NC(=O)c2ccccc2)c(F)cc1Cl. The number of halogens is 2. The summed E-state index contributed by atoms with van der Waals surface area (Å²) in [5.41, 5.74) is 0.413. The van der Waals surface area contributed by atoms with Crippen molar-refractivity contribution in [1.82, 2.24) is 0 Å². The van der Waals surface area contributed by atoms with Crippen molar-refractivity contribution in [2.75, 3.05) is 11.9 Å². The van der Waals surface area contributed by atoms with Gasteiger partial charge in [-0.15, -0.1) is 11.8 Å². The molecule has 7 heteroatoms. The molecule has 2 aromatic rings. The van der Waals surface area contributed by atoms with Crippen molar-refractivity contribution < 1.29 is 18.7 Å². The molecule has 1 amide bonds. The zero-order chi connectivity index (χ0) is 19.8. The predicted octanol–water partition coefficient (Wildman–Crippen LogP) is 5.56. The molecule has 0 aromatic heterocycles. The van der Waals surface area contributed by atoms with Crippen molar-refractivity contribution in [3.8, 4) is 0 Å². The van der Waals surface area contributed by atoms with E-state index in [0.717, 1.165) is 30.7 Å². The molecule has 0 saturated heterocycles. The highest BCUT2D eigenvalue weighted by Gasteiger charge is 2.19. The first-order valence-electron chi connectivity index (χ1n) is 8.61. The number of esters is 1. The highest BCUT2D eigenvalue weighted by Crippen LogP contribution is 2.35. The monoisotopic (exact) mass is 409 g/mol. The van der Waals surface area contributed by atoms with Crippen LogP contribution < -0.4 is 5.32 Å². The molecule has 0 saturated carbocycles. The maximum atomic E-state index is 14.2. The van der Waals surface area contributed by atoms with E-state index < -0.39 is 17.0 Å². The van der Waals surface area contributed by atoms with Crippen LogP contribution in [0.4, 0.5) is 10.1 Å². The van der Waals surface area contributed by atoms with Crippen LogP contribution in [0.25, 0.3) is 0 Å². The molecule has 1 atom stereocenters. The van der Waals surface area contributed by atoms with Gasteiger partial charge in [-0.2, -0.15) is 0 Å².